The molecule has 0 N–H and O–H groups in total. The second-order valence-electron chi connectivity index (χ2n) is 21.1. The predicted octanol–water partition coefficient (Wildman–Crippen LogP) is 18.6. The number of benzene rings is 6. The van der Waals surface area contributed by atoms with E-state index in [-0.39, 0.29) is 21.8 Å². The van der Waals surface area contributed by atoms with E-state index < -0.39 is 31.7 Å². The smallest absolute Gasteiger partial charge is 0.166 e. The maximum absolute atomic E-state index is 9.72. The normalized spacial score (nSPS) is 11.4. The van der Waals surface area contributed by atoms with Gasteiger partial charge in [0.1, 0.15) is 23.0 Å². The second-order valence-corrected chi connectivity index (χ2v) is 28.2. The third-order valence-corrected chi connectivity index (χ3v) is 20.0. The van der Waals surface area contributed by atoms with E-state index in [0.717, 1.165) is 75.1 Å². The van der Waals surface area contributed by atoms with Gasteiger partial charge in [0.25, 0.3) is 0 Å². The lowest BCUT2D eigenvalue weighted by Crippen LogP contribution is -2.15. The fourth-order valence-electron chi connectivity index (χ4n) is 9.11. The van der Waals surface area contributed by atoms with Crippen LogP contribution in [0.15, 0.2) is 187 Å². The lowest BCUT2D eigenvalue weighted by atomic mass is 10.1. The molecule has 0 aliphatic carbocycles. The van der Waals surface area contributed by atoms with Gasteiger partial charge in [-0.1, -0.05) is 193 Å². The zero-order chi connectivity index (χ0) is 60.4. The molecule has 84 heavy (non-hydrogen) atoms. The first kappa shape index (κ1) is 71.5. The van der Waals surface area contributed by atoms with Crippen LogP contribution in [0.4, 0.5) is 0 Å². The van der Waals surface area contributed by atoms with Crippen LogP contribution in [-0.4, -0.2) is 63.9 Å². The highest BCUT2D eigenvalue weighted by Crippen LogP contribution is 2.35. The Morgan fingerprint density at radius 2 is 0.464 bits per heavy atom. The van der Waals surface area contributed by atoms with E-state index in [4.69, 9.17) is 18.9 Å². The van der Waals surface area contributed by atoms with E-state index in [1.807, 2.05) is 0 Å². The molecule has 6 aromatic rings. The molecule has 462 valence electrons. The Balaban J connectivity index is 0.000000310. The highest BCUT2D eigenvalue weighted by Gasteiger charge is 2.30. The molecule has 0 fully saturated rings. The molecule has 0 amide bonds. The Bertz CT molecular complexity index is 2460. The van der Waals surface area contributed by atoms with Crippen molar-refractivity contribution in [3.05, 3.63) is 158 Å². The summed E-state index contributed by atoms with van der Waals surface area (Å²) in [5, 5.41) is 0. The summed E-state index contributed by atoms with van der Waals surface area (Å²) in [6.45, 7) is 12.3. The lowest BCUT2D eigenvalue weighted by Gasteiger charge is -2.11. The molecule has 6 aromatic carbocycles. The van der Waals surface area contributed by atoms with Crippen molar-refractivity contribution in [1.82, 2.24) is 0 Å². The zero-order valence-electron chi connectivity index (χ0n) is 50.9. The van der Waals surface area contributed by atoms with Crippen molar-refractivity contribution < 1.29 is 44.9 Å². The molecule has 0 atom stereocenters. The summed E-state index contributed by atoms with van der Waals surface area (Å²) in [5.74, 6) is 1.55. The third kappa shape index (κ3) is 32.0. The minimum Gasteiger partial charge on any atom is -0.748 e. The highest BCUT2D eigenvalue weighted by atomic mass is 32.2. The summed E-state index contributed by atoms with van der Waals surface area (Å²) in [7, 11) is -9.51. The van der Waals surface area contributed by atoms with Crippen LogP contribution < -0.4 is 18.9 Å². The van der Waals surface area contributed by atoms with Crippen molar-refractivity contribution in [3.8, 4) is 23.0 Å². The van der Waals surface area contributed by atoms with Crippen LogP contribution in [0.1, 0.15) is 182 Å². The monoisotopic (exact) mass is 1230 g/mol. The van der Waals surface area contributed by atoms with Gasteiger partial charge in [-0.3, -0.25) is 0 Å². The minimum absolute atomic E-state index is 0.167. The van der Waals surface area contributed by atoms with Crippen molar-refractivity contribution >= 4 is 42.0 Å². The van der Waals surface area contributed by atoms with Crippen molar-refractivity contribution in [2.24, 2.45) is 0 Å². The minimum atomic E-state index is -4.59. The van der Waals surface area contributed by atoms with Gasteiger partial charge in [0.2, 0.25) is 0 Å². The number of hydrogen-bond donors (Lipinski definition) is 0. The van der Waals surface area contributed by atoms with Gasteiger partial charge in [0, 0.05) is 0 Å². The zero-order valence-corrected chi connectivity index (χ0v) is 54.2. The molecule has 0 aliphatic rings. The van der Waals surface area contributed by atoms with Crippen LogP contribution in [0.25, 0.3) is 0 Å². The van der Waals surface area contributed by atoms with Gasteiger partial charge >= 0.3 is 0 Å². The van der Waals surface area contributed by atoms with E-state index in [9.17, 15) is 25.9 Å². The van der Waals surface area contributed by atoms with Gasteiger partial charge in [0.15, 0.2) is 29.4 Å². The van der Waals surface area contributed by atoms with E-state index in [1.54, 1.807) is 0 Å². The molecule has 0 heterocycles. The average molecular weight is 1230 g/mol. The van der Waals surface area contributed by atoms with Crippen LogP contribution in [0.3, 0.4) is 0 Å². The van der Waals surface area contributed by atoms with Gasteiger partial charge < -0.3 is 28.1 Å². The SMILES string of the molecule is CCCCCCCCOc1ccc([S+](c2ccccc2)c2ccc(OCCCCCCCC)cc2)cc1.CCCCCCCCOc1ccc([S+](c2ccccc2)c2ccc(OCCCCCCCC)cc2)cc1.O=S(=O)([O-])CCS(=O)(=O)[O-]. The molecule has 0 unspecified atom stereocenters. The van der Waals surface area contributed by atoms with Gasteiger partial charge in [-0.15, -0.1) is 0 Å². The maximum atomic E-state index is 9.72. The number of rotatable bonds is 41. The van der Waals surface area contributed by atoms with E-state index >= 15 is 0 Å². The quantitative estimate of drug-likeness (QED) is 0.0206. The van der Waals surface area contributed by atoms with Crippen LogP contribution in [-0.2, 0) is 42.0 Å². The predicted molar refractivity (Wildman–Crippen MR) is 348 cm³/mol. The summed E-state index contributed by atoms with van der Waals surface area (Å²) in [5.41, 5.74) is 0. The first-order chi connectivity index (χ1) is 40.8. The molecule has 10 nitrogen and oxygen atoms in total. The molecule has 6 rings (SSSR count). The molecule has 14 heteroatoms. The summed E-state index contributed by atoms with van der Waals surface area (Å²) in [6.07, 6.45) is 30.8. The molecule has 0 aromatic heterocycles. The summed E-state index contributed by atoms with van der Waals surface area (Å²) < 4.78 is 82.5. The molecule has 0 saturated carbocycles. The van der Waals surface area contributed by atoms with E-state index in [2.05, 4.69) is 185 Å². The standard InChI is InChI=1S/2C34H47O2S.C2H6O6S2/c2*1-3-5-7-9-11-16-28-35-30-20-24-33(25-21-30)37(32-18-14-13-15-19-32)34-26-22-31(23-27-34)36-29-17-12-10-8-6-4-2;3-9(4,5)1-2-10(6,7)8/h2*13-15,18-27H,3-12,16-17,28-29H2,1-2H3;1-2H2,(H,3,4,5)(H,6,7,8)/q2*+1;/p-2. The van der Waals surface area contributed by atoms with Crippen molar-refractivity contribution in [2.45, 2.75) is 211 Å². The Labute approximate surface area is 513 Å². The Kier molecular flexibility index (Phi) is 37.1. The maximum Gasteiger partial charge on any atom is 0.166 e. The topological polar surface area (TPSA) is 151 Å². The van der Waals surface area contributed by atoms with Crippen molar-refractivity contribution in [1.29, 1.82) is 0 Å². The lowest BCUT2D eigenvalue weighted by molar-refractivity contribution is 0.304. The Morgan fingerprint density at radius 3 is 0.667 bits per heavy atom. The molecule has 0 bridgehead atoms. The van der Waals surface area contributed by atoms with Crippen molar-refractivity contribution in [3.63, 3.8) is 0 Å². The molecule has 0 saturated heterocycles. The summed E-state index contributed by atoms with van der Waals surface area (Å²) in [6, 6.07) is 56.5. The van der Waals surface area contributed by atoms with Gasteiger partial charge in [0.05, 0.1) is 80.0 Å². The molecule has 0 radical (unpaired) electrons. The summed E-state index contributed by atoms with van der Waals surface area (Å²) >= 11 is 0. The third-order valence-electron chi connectivity index (χ3n) is 13.8. The first-order valence-electron chi connectivity index (χ1n) is 31.2. The number of hydrogen-bond acceptors (Lipinski definition) is 10. The molecule has 0 aliphatic heterocycles. The van der Waals surface area contributed by atoms with Crippen LogP contribution in [0, 0.1) is 0 Å². The number of unbranched alkanes of at least 4 members (excludes halogenated alkanes) is 20. The largest absolute Gasteiger partial charge is 0.748 e. The Hall–Kier alpha value is -4.96. The molecule has 0 spiro atoms. The fraction of sp³-hybridized carbons (Fsp3) is 0.486. The summed E-state index contributed by atoms with van der Waals surface area (Å²) in [4.78, 5) is 7.86. The van der Waals surface area contributed by atoms with Crippen LogP contribution >= 0.6 is 0 Å². The number of ether oxygens (including phenoxy) is 4. The average Bonchev–Trinajstić information content (AvgIpc) is 3.14. The van der Waals surface area contributed by atoms with Gasteiger partial charge in [-0.25, -0.2) is 16.8 Å². The van der Waals surface area contributed by atoms with Crippen molar-refractivity contribution in [2.75, 3.05) is 37.9 Å². The fourth-order valence-corrected chi connectivity index (χ4v) is 14.9. The van der Waals surface area contributed by atoms with Gasteiger partial charge in [-0.05, 0) is 147 Å². The Morgan fingerprint density at radius 1 is 0.274 bits per heavy atom. The van der Waals surface area contributed by atoms with E-state index in [0.29, 0.717) is 0 Å². The van der Waals surface area contributed by atoms with Gasteiger partial charge in [-0.2, -0.15) is 0 Å². The highest BCUT2D eigenvalue weighted by molar-refractivity contribution is 7.97. The molecular formula is C70H98O10S4. The molecular weight excluding hydrogens is 1130 g/mol. The van der Waals surface area contributed by atoms with Crippen LogP contribution in [0.2, 0.25) is 0 Å². The van der Waals surface area contributed by atoms with Crippen LogP contribution in [0.5, 0.6) is 23.0 Å². The second kappa shape index (κ2) is 43.6. The van der Waals surface area contributed by atoms with E-state index in [1.165, 1.54) is 158 Å². The first-order valence-corrected chi connectivity index (χ1v) is 36.8.